The fraction of sp³-hybridized carbons (Fsp3) is 0.286. The van der Waals surface area contributed by atoms with E-state index >= 15 is 0 Å². The maximum atomic E-state index is 13.4. The van der Waals surface area contributed by atoms with E-state index in [0.29, 0.717) is 23.6 Å². The minimum atomic E-state index is -0.479. The second kappa shape index (κ2) is 10.6. The number of aryl methyl sites for hydroxylation is 1. The Balaban J connectivity index is 1.60. The minimum absolute atomic E-state index is 0.115. The fourth-order valence-electron chi connectivity index (χ4n) is 4.48. The quantitative estimate of drug-likeness (QED) is 0.552. The molecule has 1 fully saturated rings. The lowest BCUT2D eigenvalue weighted by atomic mass is 9.87. The van der Waals surface area contributed by atoms with Crippen molar-refractivity contribution in [2.45, 2.75) is 19.4 Å². The number of nitrogens with one attached hydrogen (secondary N) is 1. The molecule has 2 amide bonds. The molecule has 0 aliphatic carbocycles. The lowest BCUT2D eigenvalue weighted by Crippen LogP contribution is -2.35. The number of methoxy groups -OCH3 is 2. The predicted octanol–water partition coefficient (Wildman–Crippen LogP) is 4.32. The molecule has 3 aromatic carbocycles. The zero-order valence-electron chi connectivity index (χ0n) is 20.1. The molecule has 35 heavy (non-hydrogen) atoms. The van der Waals surface area contributed by atoms with Gasteiger partial charge in [-0.25, -0.2) is 4.39 Å². The number of halogens is 1. The van der Waals surface area contributed by atoms with Crippen LogP contribution in [0.15, 0.2) is 66.7 Å². The molecule has 2 atom stereocenters. The van der Waals surface area contributed by atoms with Gasteiger partial charge in [-0.1, -0.05) is 35.9 Å². The average molecular weight is 477 g/mol. The Kier molecular flexibility index (Phi) is 7.34. The zero-order chi connectivity index (χ0) is 24.9. The van der Waals surface area contributed by atoms with Crippen LogP contribution in [0.5, 0.6) is 11.5 Å². The summed E-state index contributed by atoms with van der Waals surface area (Å²) in [6.07, 6.45) is 0. The van der Waals surface area contributed by atoms with Gasteiger partial charge in [0.15, 0.2) is 0 Å². The summed E-state index contributed by atoms with van der Waals surface area (Å²) in [5, 5.41) is 2.96. The predicted molar refractivity (Wildman–Crippen MR) is 131 cm³/mol. The third kappa shape index (κ3) is 5.45. The van der Waals surface area contributed by atoms with E-state index in [1.54, 1.807) is 37.3 Å². The van der Waals surface area contributed by atoms with Crippen LogP contribution in [0.3, 0.4) is 0 Å². The van der Waals surface area contributed by atoms with Crippen LogP contribution in [0.2, 0.25) is 0 Å². The van der Waals surface area contributed by atoms with Crippen molar-refractivity contribution in [1.82, 2.24) is 10.2 Å². The standard InChI is InChI=1S/C28H29FN2O4/c1-18-4-8-20(9-5-18)28(33)31-16-24(23-13-12-22(34-2)14-26(23)35-3)25(17-31)27(32)30-15-19-6-10-21(29)11-7-19/h4-14,24-25H,15-17H2,1-3H3,(H,30,32). The maximum absolute atomic E-state index is 13.4. The Labute approximate surface area is 204 Å². The van der Waals surface area contributed by atoms with Crippen molar-refractivity contribution < 1.29 is 23.5 Å². The average Bonchev–Trinajstić information content (AvgIpc) is 3.33. The molecule has 6 nitrogen and oxygen atoms in total. The fourth-order valence-corrected chi connectivity index (χ4v) is 4.48. The lowest BCUT2D eigenvalue weighted by Gasteiger charge is -2.21. The van der Waals surface area contributed by atoms with Gasteiger partial charge in [-0.3, -0.25) is 9.59 Å². The van der Waals surface area contributed by atoms with E-state index in [-0.39, 0.29) is 36.6 Å². The summed E-state index contributed by atoms with van der Waals surface area (Å²) in [5.74, 6) is -0.102. The first-order valence-corrected chi connectivity index (χ1v) is 11.5. The number of likely N-dealkylation sites (tertiary alicyclic amines) is 1. The van der Waals surface area contributed by atoms with E-state index in [4.69, 9.17) is 9.47 Å². The molecule has 7 heteroatoms. The van der Waals surface area contributed by atoms with Gasteiger partial charge in [0.05, 0.1) is 20.1 Å². The molecule has 1 aliphatic heterocycles. The normalized spacial score (nSPS) is 17.2. The summed E-state index contributed by atoms with van der Waals surface area (Å²) < 4.78 is 24.2. The largest absolute Gasteiger partial charge is 0.497 e. The SMILES string of the molecule is COc1ccc(C2CN(C(=O)c3ccc(C)cc3)CC2C(=O)NCc2ccc(F)cc2)c(OC)c1. The Bertz CT molecular complexity index is 1190. The minimum Gasteiger partial charge on any atom is -0.497 e. The van der Waals surface area contributed by atoms with Gasteiger partial charge in [0.2, 0.25) is 5.91 Å². The van der Waals surface area contributed by atoms with Gasteiger partial charge < -0.3 is 19.7 Å². The molecular formula is C28H29FN2O4. The van der Waals surface area contributed by atoms with Gasteiger partial charge in [-0.2, -0.15) is 0 Å². The summed E-state index contributed by atoms with van der Waals surface area (Å²) in [7, 11) is 3.16. The van der Waals surface area contributed by atoms with E-state index in [1.807, 2.05) is 43.3 Å². The van der Waals surface area contributed by atoms with Gasteiger partial charge in [-0.15, -0.1) is 0 Å². The summed E-state index contributed by atoms with van der Waals surface area (Å²) >= 11 is 0. The second-order valence-electron chi connectivity index (χ2n) is 8.74. The molecule has 0 spiro atoms. The topological polar surface area (TPSA) is 67.9 Å². The molecule has 0 saturated carbocycles. The number of benzene rings is 3. The first-order valence-electron chi connectivity index (χ1n) is 11.5. The van der Waals surface area contributed by atoms with Crippen LogP contribution in [-0.4, -0.2) is 44.0 Å². The van der Waals surface area contributed by atoms with Crippen molar-refractivity contribution in [1.29, 1.82) is 0 Å². The molecule has 4 rings (SSSR count). The number of carbonyl (C=O) groups excluding carboxylic acids is 2. The van der Waals surface area contributed by atoms with Crippen LogP contribution >= 0.6 is 0 Å². The Morgan fingerprint density at radius 1 is 0.971 bits per heavy atom. The third-order valence-corrected chi connectivity index (χ3v) is 6.46. The first kappa shape index (κ1) is 24.3. The molecule has 0 bridgehead atoms. The van der Waals surface area contributed by atoms with Crippen molar-refractivity contribution in [2.24, 2.45) is 5.92 Å². The Morgan fingerprint density at radius 2 is 1.69 bits per heavy atom. The first-order chi connectivity index (χ1) is 16.9. The highest BCUT2D eigenvalue weighted by molar-refractivity contribution is 5.95. The summed E-state index contributed by atoms with van der Waals surface area (Å²) in [6, 6.07) is 18.9. The second-order valence-corrected chi connectivity index (χ2v) is 8.74. The van der Waals surface area contributed by atoms with Crippen molar-refractivity contribution >= 4 is 11.8 Å². The zero-order valence-corrected chi connectivity index (χ0v) is 20.1. The van der Waals surface area contributed by atoms with Crippen molar-refractivity contribution in [2.75, 3.05) is 27.3 Å². The summed E-state index contributed by atoms with van der Waals surface area (Å²) in [4.78, 5) is 28.4. The maximum Gasteiger partial charge on any atom is 0.253 e. The Morgan fingerprint density at radius 3 is 2.34 bits per heavy atom. The highest BCUT2D eigenvalue weighted by Crippen LogP contribution is 2.39. The van der Waals surface area contributed by atoms with Gasteiger partial charge in [0.1, 0.15) is 17.3 Å². The van der Waals surface area contributed by atoms with Crippen LogP contribution in [0.4, 0.5) is 4.39 Å². The highest BCUT2D eigenvalue weighted by atomic mass is 19.1. The molecule has 1 heterocycles. The lowest BCUT2D eigenvalue weighted by molar-refractivity contribution is -0.125. The van der Waals surface area contributed by atoms with E-state index < -0.39 is 5.92 Å². The van der Waals surface area contributed by atoms with E-state index in [9.17, 15) is 14.0 Å². The van der Waals surface area contributed by atoms with Crippen LogP contribution < -0.4 is 14.8 Å². The molecule has 0 radical (unpaired) electrons. The molecule has 2 unspecified atom stereocenters. The van der Waals surface area contributed by atoms with Gasteiger partial charge in [-0.05, 0) is 42.8 Å². The van der Waals surface area contributed by atoms with Gasteiger partial charge in [0.25, 0.3) is 5.91 Å². The molecular weight excluding hydrogens is 447 g/mol. The van der Waals surface area contributed by atoms with E-state index in [0.717, 1.165) is 16.7 Å². The van der Waals surface area contributed by atoms with Crippen molar-refractivity contribution in [3.05, 3.63) is 94.8 Å². The number of carbonyl (C=O) groups is 2. The van der Waals surface area contributed by atoms with E-state index in [1.165, 1.54) is 12.1 Å². The number of rotatable bonds is 7. The van der Waals surface area contributed by atoms with Crippen molar-refractivity contribution in [3.63, 3.8) is 0 Å². The highest BCUT2D eigenvalue weighted by Gasteiger charge is 2.41. The van der Waals surface area contributed by atoms with Crippen LogP contribution in [0, 0.1) is 18.7 Å². The molecule has 0 aromatic heterocycles. The molecule has 182 valence electrons. The Hall–Kier alpha value is -3.87. The molecule has 1 N–H and O–H groups in total. The number of hydrogen-bond donors (Lipinski definition) is 1. The molecule has 1 aliphatic rings. The van der Waals surface area contributed by atoms with Crippen molar-refractivity contribution in [3.8, 4) is 11.5 Å². The molecule has 1 saturated heterocycles. The molecule has 3 aromatic rings. The number of hydrogen-bond acceptors (Lipinski definition) is 4. The van der Waals surface area contributed by atoms with Gasteiger partial charge in [0, 0.05) is 42.7 Å². The van der Waals surface area contributed by atoms with Crippen LogP contribution in [0.1, 0.15) is 33.0 Å². The van der Waals surface area contributed by atoms with Crippen LogP contribution in [-0.2, 0) is 11.3 Å². The third-order valence-electron chi connectivity index (χ3n) is 6.46. The number of nitrogens with zero attached hydrogens (tertiary/aromatic N) is 1. The van der Waals surface area contributed by atoms with Gasteiger partial charge >= 0.3 is 0 Å². The monoisotopic (exact) mass is 476 g/mol. The smallest absolute Gasteiger partial charge is 0.253 e. The number of amides is 2. The van der Waals surface area contributed by atoms with Crippen LogP contribution in [0.25, 0.3) is 0 Å². The number of ether oxygens (including phenoxy) is 2. The van der Waals surface area contributed by atoms with E-state index in [2.05, 4.69) is 5.32 Å². The summed E-state index contributed by atoms with van der Waals surface area (Å²) in [6.45, 7) is 2.90. The summed E-state index contributed by atoms with van der Waals surface area (Å²) in [5.41, 5.74) is 3.30.